The standard InChI is InChI=1S/C30H30FN3O3/c1-19-7-9-22(10-8-19)29-33-26-17-23(11-12-27(26)37-29)30(36)34-15-13-21(14-16-34)20(2)28(35)32-18-24-5-3-4-6-25(24)31/h3-12,17,20-21H,13-16,18H2,1-2H3,(H,32,35)/t20-/m1/s1. The smallest absolute Gasteiger partial charge is 0.253 e. The van der Waals surface area contributed by atoms with Crippen LogP contribution in [0.3, 0.4) is 0 Å². The maximum absolute atomic E-state index is 13.8. The molecule has 37 heavy (non-hydrogen) atoms. The van der Waals surface area contributed by atoms with Crippen molar-refractivity contribution in [2.75, 3.05) is 13.1 Å². The van der Waals surface area contributed by atoms with E-state index in [1.807, 2.05) is 43.0 Å². The first-order valence-corrected chi connectivity index (χ1v) is 12.7. The number of halogens is 1. The molecule has 0 unspecified atom stereocenters. The second-order valence-corrected chi connectivity index (χ2v) is 9.80. The van der Waals surface area contributed by atoms with Gasteiger partial charge in [0.1, 0.15) is 11.3 Å². The van der Waals surface area contributed by atoms with Gasteiger partial charge in [0.05, 0.1) is 0 Å². The first-order valence-electron chi connectivity index (χ1n) is 12.7. The summed E-state index contributed by atoms with van der Waals surface area (Å²) in [6.45, 7) is 5.27. The van der Waals surface area contributed by atoms with Gasteiger partial charge in [-0.05, 0) is 62.1 Å². The summed E-state index contributed by atoms with van der Waals surface area (Å²) < 4.78 is 19.7. The third-order valence-corrected chi connectivity index (χ3v) is 7.29. The minimum absolute atomic E-state index is 0.0445. The number of nitrogens with one attached hydrogen (secondary N) is 1. The number of likely N-dealkylation sites (tertiary alicyclic amines) is 1. The molecule has 0 bridgehead atoms. The highest BCUT2D eigenvalue weighted by Gasteiger charge is 2.30. The lowest BCUT2D eigenvalue weighted by molar-refractivity contribution is -0.126. The number of fused-ring (bicyclic) bond motifs is 1. The first kappa shape index (κ1) is 24.7. The largest absolute Gasteiger partial charge is 0.436 e. The Morgan fingerprint density at radius 1 is 1.08 bits per heavy atom. The second kappa shape index (κ2) is 10.5. The number of oxazole rings is 1. The van der Waals surface area contributed by atoms with Crippen molar-refractivity contribution < 1.29 is 18.4 Å². The van der Waals surface area contributed by atoms with Gasteiger partial charge in [0.25, 0.3) is 5.91 Å². The van der Waals surface area contributed by atoms with Gasteiger partial charge in [0, 0.05) is 42.2 Å². The average Bonchev–Trinajstić information content (AvgIpc) is 3.35. The van der Waals surface area contributed by atoms with Crippen LogP contribution in [0.4, 0.5) is 4.39 Å². The maximum atomic E-state index is 13.8. The van der Waals surface area contributed by atoms with Crippen LogP contribution in [-0.4, -0.2) is 34.8 Å². The minimum Gasteiger partial charge on any atom is -0.436 e. The molecule has 1 atom stereocenters. The monoisotopic (exact) mass is 499 g/mol. The predicted molar refractivity (Wildman–Crippen MR) is 140 cm³/mol. The molecule has 6 nitrogen and oxygen atoms in total. The van der Waals surface area contributed by atoms with E-state index in [9.17, 15) is 14.0 Å². The molecule has 1 aliphatic heterocycles. The van der Waals surface area contributed by atoms with Crippen molar-refractivity contribution >= 4 is 22.9 Å². The summed E-state index contributed by atoms with van der Waals surface area (Å²) in [6, 6.07) is 19.8. The number of rotatable bonds is 6. The third kappa shape index (κ3) is 5.40. The topological polar surface area (TPSA) is 75.4 Å². The van der Waals surface area contributed by atoms with Crippen LogP contribution < -0.4 is 5.32 Å². The van der Waals surface area contributed by atoms with Crippen LogP contribution in [0, 0.1) is 24.6 Å². The molecule has 1 aliphatic rings. The van der Waals surface area contributed by atoms with Crippen LogP contribution in [0.15, 0.2) is 71.1 Å². The van der Waals surface area contributed by atoms with E-state index >= 15 is 0 Å². The summed E-state index contributed by atoms with van der Waals surface area (Å²) in [5.74, 6) is 0.0291. The number of hydrogen-bond donors (Lipinski definition) is 1. The molecule has 1 aromatic heterocycles. The minimum atomic E-state index is -0.322. The zero-order chi connectivity index (χ0) is 25.9. The lowest BCUT2D eigenvalue weighted by Crippen LogP contribution is -2.42. The molecule has 7 heteroatoms. The highest BCUT2D eigenvalue weighted by molar-refractivity contribution is 5.97. The van der Waals surface area contributed by atoms with Crippen LogP contribution in [0.25, 0.3) is 22.6 Å². The molecule has 2 heterocycles. The van der Waals surface area contributed by atoms with Gasteiger partial charge < -0.3 is 14.6 Å². The molecule has 0 saturated carbocycles. The van der Waals surface area contributed by atoms with Gasteiger partial charge in [-0.2, -0.15) is 0 Å². The fourth-order valence-electron chi connectivity index (χ4n) is 4.86. The van der Waals surface area contributed by atoms with Crippen LogP contribution >= 0.6 is 0 Å². The number of aromatic nitrogens is 1. The summed E-state index contributed by atoms with van der Waals surface area (Å²) in [4.78, 5) is 32.3. The average molecular weight is 500 g/mol. The summed E-state index contributed by atoms with van der Waals surface area (Å²) in [7, 11) is 0. The number of carbonyl (C=O) groups is 2. The van der Waals surface area contributed by atoms with E-state index in [0.29, 0.717) is 41.2 Å². The Bertz CT molecular complexity index is 1420. The van der Waals surface area contributed by atoms with Crippen LogP contribution in [0.2, 0.25) is 0 Å². The zero-order valence-corrected chi connectivity index (χ0v) is 21.0. The Kier molecular flexibility index (Phi) is 7.04. The van der Waals surface area contributed by atoms with Gasteiger partial charge in [0.2, 0.25) is 11.8 Å². The number of amides is 2. The molecule has 4 aromatic rings. The van der Waals surface area contributed by atoms with Crippen molar-refractivity contribution in [3.63, 3.8) is 0 Å². The normalized spacial score (nSPS) is 15.1. The summed E-state index contributed by atoms with van der Waals surface area (Å²) >= 11 is 0. The third-order valence-electron chi connectivity index (χ3n) is 7.29. The molecule has 1 N–H and O–H groups in total. The molecule has 1 saturated heterocycles. The lowest BCUT2D eigenvalue weighted by Gasteiger charge is -2.34. The summed E-state index contributed by atoms with van der Waals surface area (Å²) in [5.41, 5.74) is 4.39. The maximum Gasteiger partial charge on any atom is 0.253 e. The molecular weight excluding hydrogens is 469 g/mol. The second-order valence-electron chi connectivity index (χ2n) is 9.80. The van der Waals surface area contributed by atoms with Gasteiger partial charge >= 0.3 is 0 Å². The Morgan fingerprint density at radius 3 is 2.54 bits per heavy atom. The first-order chi connectivity index (χ1) is 17.9. The van der Waals surface area contributed by atoms with E-state index in [1.54, 1.807) is 36.4 Å². The van der Waals surface area contributed by atoms with E-state index in [-0.39, 0.29) is 36.0 Å². The van der Waals surface area contributed by atoms with E-state index in [1.165, 1.54) is 6.07 Å². The van der Waals surface area contributed by atoms with Crippen molar-refractivity contribution in [3.05, 3.63) is 89.2 Å². The van der Waals surface area contributed by atoms with E-state index < -0.39 is 0 Å². The Morgan fingerprint density at radius 2 is 1.81 bits per heavy atom. The molecular formula is C30H30FN3O3. The molecule has 1 fully saturated rings. The fourth-order valence-corrected chi connectivity index (χ4v) is 4.86. The van der Waals surface area contributed by atoms with Gasteiger partial charge in [-0.3, -0.25) is 9.59 Å². The molecule has 190 valence electrons. The number of benzene rings is 3. The van der Waals surface area contributed by atoms with Crippen molar-refractivity contribution in [2.45, 2.75) is 33.2 Å². The van der Waals surface area contributed by atoms with Gasteiger partial charge in [0.15, 0.2) is 5.58 Å². The SMILES string of the molecule is Cc1ccc(-c2nc3cc(C(=O)N4CCC([C@@H](C)C(=O)NCc5ccccc5F)CC4)ccc3o2)cc1. The number of piperidine rings is 1. The van der Waals surface area contributed by atoms with E-state index in [2.05, 4.69) is 10.3 Å². The summed E-state index contributed by atoms with van der Waals surface area (Å²) in [6.07, 6.45) is 1.48. The van der Waals surface area contributed by atoms with Crippen LogP contribution in [0.1, 0.15) is 41.3 Å². The predicted octanol–water partition coefficient (Wildman–Crippen LogP) is 5.75. The molecule has 5 rings (SSSR count). The lowest BCUT2D eigenvalue weighted by atomic mass is 9.84. The van der Waals surface area contributed by atoms with Gasteiger partial charge in [-0.15, -0.1) is 0 Å². The van der Waals surface area contributed by atoms with Crippen molar-refractivity contribution in [2.24, 2.45) is 11.8 Å². The number of hydrogen-bond acceptors (Lipinski definition) is 4. The highest BCUT2D eigenvalue weighted by Crippen LogP contribution is 2.28. The Hall–Kier alpha value is -4.00. The van der Waals surface area contributed by atoms with Crippen molar-refractivity contribution in [1.82, 2.24) is 15.2 Å². The number of carbonyl (C=O) groups excluding carboxylic acids is 2. The van der Waals surface area contributed by atoms with Crippen molar-refractivity contribution in [1.29, 1.82) is 0 Å². The fraction of sp³-hybridized carbons (Fsp3) is 0.300. The number of aryl methyl sites for hydroxylation is 1. The van der Waals surface area contributed by atoms with E-state index in [0.717, 1.165) is 24.0 Å². The Balaban J connectivity index is 1.18. The van der Waals surface area contributed by atoms with Gasteiger partial charge in [-0.1, -0.05) is 42.8 Å². The molecule has 0 aliphatic carbocycles. The molecule has 2 amide bonds. The van der Waals surface area contributed by atoms with E-state index in [4.69, 9.17) is 4.42 Å². The zero-order valence-electron chi connectivity index (χ0n) is 21.0. The Labute approximate surface area is 215 Å². The number of nitrogens with zero attached hydrogens (tertiary/aromatic N) is 2. The molecule has 0 spiro atoms. The van der Waals surface area contributed by atoms with Gasteiger partial charge in [-0.25, -0.2) is 9.37 Å². The van der Waals surface area contributed by atoms with Crippen LogP contribution in [0.5, 0.6) is 0 Å². The molecule has 0 radical (unpaired) electrons. The quantitative estimate of drug-likeness (QED) is 0.367. The molecule has 3 aromatic carbocycles. The van der Waals surface area contributed by atoms with Crippen molar-refractivity contribution in [3.8, 4) is 11.5 Å². The highest BCUT2D eigenvalue weighted by atomic mass is 19.1. The van der Waals surface area contributed by atoms with Crippen LogP contribution in [-0.2, 0) is 11.3 Å². The summed E-state index contributed by atoms with van der Waals surface area (Å²) in [5, 5.41) is 2.85.